The molecule has 1 N–H and O–H groups in total. The van der Waals surface area contributed by atoms with Crippen LogP contribution in [0.2, 0.25) is 0 Å². The fraction of sp³-hybridized carbons (Fsp3) is 0.417. The molecule has 2 rings (SSSR count). The lowest BCUT2D eigenvalue weighted by Crippen LogP contribution is -2.22. The van der Waals surface area contributed by atoms with E-state index in [1.54, 1.807) is 0 Å². The number of carbonyl (C=O) groups is 1. The number of ether oxygens (including phenoxy) is 1. The van der Waals surface area contributed by atoms with E-state index in [0.29, 0.717) is 6.61 Å². The van der Waals surface area contributed by atoms with Crippen LogP contribution in [0.15, 0.2) is 30.3 Å². The van der Waals surface area contributed by atoms with Gasteiger partial charge in [-0.3, -0.25) is 4.79 Å². The van der Waals surface area contributed by atoms with Crippen LogP contribution in [0.1, 0.15) is 13.3 Å². The second kappa shape index (κ2) is 4.45. The number of benzene rings is 1. The summed E-state index contributed by atoms with van der Waals surface area (Å²) in [7, 11) is 0. The summed E-state index contributed by atoms with van der Waals surface area (Å²) in [4.78, 5) is 11.8. The highest BCUT2D eigenvalue weighted by molar-refractivity contribution is 5.92. The van der Waals surface area contributed by atoms with Gasteiger partial charge in [0.05, 0.1) is 18.6 Å². The fourth-order valence-corrected chi connectivity index (χ4v) is 1.77. The van der Waals surface area contributed by atoms with Crippen molar-refractivity contribution in [3.63, 3.8) is 0 Å². The normalized spacial score (nSPS) is 25.1. The van der Waals surface area contributed by atoms with Crippen LogP contribution in [0.25, 0.3) is 0 Å². The first-order valence-corrected chi connectivity index (χ1v) is 5.23. The number of para-hydroxylation sites is 1. The molecule has 0 saturated carbocycles. The number of hydrogen-bond acceptors (Lipinski definition) is 2. The Morgan fingerprint density at radius 1 is 1.40 bits per heavy atom. The highest BCUT2D eigenvalue weighted by Gasteiger charge is 2.28. The van der Waals surface area contributed by atoms with E-state index in [0.717, 1.165) is 12.1 Å². The Morgan fingerprint density at radius 2 is 2.13 bits per heavy atom. The second-order valence-electron chi connectivity index (χ2n) is 3.93. The van der Waals surface area contributed by atoms with E-state index in [-0.39, 0.29) is 17.9 Å². The van der Waals surface area contributed by atoms with Crippen LogP contribution >= 0.6 is 0 Å². The lowest BCUT2D eigenvalue weighted by molar-refractivity contribution is -0.119. The van der Waals surface area contributed by atoms with Gasteiger partial charge in [-0.1, -0.05) is 18.2 Å². The molecule has 3 nitrogen and oxygen atoms in total. The molecule has 0 aromatic heterocycles. The standard InChI is InChI=1S/C12H15NO2/c1-9-7-10(8-15-9)12(14)13-11-5-3-2-4-6-11/h2-6,9-10H,7-8H2,1H3,(H,13,14). The Kier molecular flexibility index (Phi) is 3.02. The molecule has 1 aliphatic rings. The van der Waals surface area contributed by atoms with E-state index >= 15 is 0 Å². The summed E-state index contributed by atoms with van der Waals surface area (Å²) >= 11 is 0. The molecule has 15 heavy (non-hydrogen) atoms. The van der Waals surface area contributed by atoms with Crippen LogP contribution in [-0.2, 0) is 9.53 Å². The van der Waals surface area contributed by atoms with Gasteiger partial charge in [0.15, 0.2) is 0 Å². The van der Waals surface area contributed by atoms with E-state index in [2.05, 4.69) is 5.32 Å². The molecule has 2 atom stereocenters. The topological polar surface area (TPSA) is 38.3 Å². The highest BCUT2D eigenvalue weighted by Crippen LogP contribution is 2.20. The van der Waals surface area contributed by atoms with Crippen molar-refractivity contribution in [3.05, 3.63) is 30.3 Å². The van der Waals surface area contributed by atoms with Crippen LogP contribution in [0.3, 0.4) is 0 Å². The molecule has 0 radical (unpaired) electrons. The minimum Gasteiger partial charge on any atom is -0.378 e. The molecule has 1 saturated heterocycles. The maximum atomic E-state index is 11.8. The van der Waals surface area contributed by atoms with Crippen molar-refractivity contribution >= 4 is 11.6 Å². The van der Waals surface area contributed by atoms with Crippen molar-refractivity contribution in [3.8, 4) is 0 Å². The third-order valence-corrected chi connectivity index (χ3v) is 2.61. The Morgan fingerprint density at radius 3 is 2.73 bits per heavy atom. The van der Waals surface area contributed by atoms with E-state index in [1.165, 1.54) is 0 Å². The number of anilines is 1. The Balaban J connectivity index is 1.93. The summed E-state index contributed by atoms with van der Waals surface area (Å²) in [5.74, 6) is 0.0609. The summed E-state index contributed by atoms with van der Waals surface area (Å²) < 4.78 is 5.36. The summed E-state index contributed by atoms with van der Waals surface area (Å²) in [5, 5.41) is 2.89. The van der Waals surface area contributed by atoms with Crippen molar-refractivity contribution in [2.24, 2.45) is 5.92 Å². The van der Waals surface area contributed by atoms with Gasteiger partial charge in [-0.25, -0.2) is 0 Å². The van der Waals surface area contributed by atoms with Crippen LogP contribution < -0.4 is 5.32 Å². The second-order valence-corrected chi connectivity index (χ2v) is 3.93. The summed E-state index contributed by atoms with van der Waals surface area (Å²) in [6.07, 6.45) is 1.02. The molecular formula is C12H15NO2. The first-order valence-electron chi connectivity index (χ1n) is 5.23. The number of amides is 1. The molecule has 0 spiro atoms. The molecule has 1 aromatic carbocycles. The van der Waals surface area contributed by atoms with Gasteiger partial charge in [-0.2, -0.15) is 0 Å². The van der Waals surface area contributed by atoms with Crippen molar-refractivity contribution in [1.82, 2.24) is 0 Å². The van der Waals surface area contributed by atoms with Gasteiger partial charge >= 0.3 is 0 Å². The summed E-state index contributed by atoms with van der Waals surface area (Å²) in [6, 6.07) is 9.51. The fourth-order valence-electron chi connectivity index (χ4n) is 1.77. The zero-order chi connectivity index (χ0) is 10.7. The third-order valence-electron chi connectivity index (χ3n) is 2.61. The molecule has 1 amide bonds. The number of hydrogen-bond donors (Lipinski definition) is 1. The minimum atomic E-state index is 0.000191. The lowest BCUT2D eigenvalue weighted by atomic mass is 10.1. The molecule has 1 aliphatic heterocycles. The van der Waals surface area contributed by atoms with Crippen LogP contribution in [0, 0.1) is 5.92 Å². The molecule has 3 heteroatoms. The van der Waals surface area contributed by atoms with Gasteiger partial charge in [0.2, 0.25) is 5.91 Å². The zero-order valence-electron chi connectivity index (χ0n) is 8.77. The molecule has 1 aromatic rings. The van der Waals surface area contributed by atoms with Crippen molar-refractivity contribution in [2.75, 3.05) is 11.9 Å². The average molecular weight is 205 g/mol. The van der Waals surface area contributed by atoms with Crippen molar-refractivity contribution in [1.29, 1.82) is 0 Å². The van der Waals surface area contributed by atoms with Crippen LogP contribution in [0.5, 0.6) is 0 Å². The predicted octanol–water partition coefficient (Wildman–Crippen LogP) is 2.05. The van der Waals surface area contributed by atoms with Gasteiger partial charge in [0, 0.05) is 5.69 Å². The summed E-state index contributed by atoms with van der Waals surface area (Å²) in [5.41, 5.74) is 0.849. The molecule has 1 fully saturated rings. The van der Waals surface area contributed by atoms with Gasteiger partial charge in [-0.05, 0) is 25.5 Å². The van der Waals surface area contributed by atoms with Gasteiger partial charge < -0.3 is 10.1 Å². The zero-order valence-corrected chi connectivity index (χ0v) is 8.77. The summed E-state index contributed by atoms with van der Waals surface area (Å²) in [6.45, 7) is 2.54. The third kappa shape index (κ3) is 2.57. The molecule has 80 valence electrons. The monoisotopic (exact) mass is 205 g/mol. The molecular weight excluding hydrogens is 190 g/mol. The van der Waals surface area contributed by atoms with Crippen LogP contribution in [-0.4, -0.2) is 18.6 Å². The number of carbonyl (C=O) groups excluding carboxylic acids is 1. The average Bonchev–Trinajstić information content (AvgIpc) is 2.66. The molecule has 2 unspecified atom stereocenters. The Labute approximate surface area is 89.4 Å². The molecule has 0 bridgehead atoms. The number of nitrogens with one attached hydrogen (secondary N) is 1. The highest BCUT2D eigenvalue weighted by atomic mass is 16.5. The Bertz CT molecular complexity index is 337. The largest absolute Gasteiger partial charge is 0.378 e. The predicted molar refractivity (Wildman–Crippen MR) is 58.6 cm³/mol. The van der Waals surface area contributed by atoms with E-state index in [4.69, 9.17) is 4.74 Å². The maximum absolute atomic E-state index is 11.8. The van der Waals surface area contributed by atoms with Gasteiger partial charge in [0.1, 0.15) is 0 Å². The van der Waals surface area contributed by atoms with Crippen molar-refractivity contribution in [2.45, 2.75) is 19.4 Å². The first kappa shape index (κ1) is 10.2. The maximum Gasteiger partial charge on any atom is 0.229 e. The van der Waals surface area contributed by atoms with Crippen LogP contribution in [0.4, 0.5) is 5.69 Å². The van der Waals surface area contributed by atoms with E-state index in [1.807, 2.05) is 37.3 Å². The lowest BCUT2D eigenvalue weighted by Gasteiger charge is -2.08. The molecule has 0 aliphatic carbocycles. The molecule has 1 heterocycles. The number of rotatable bonds is 2. The van der Waals surface area contributed by atoms with Gasteiger partial charge in [0.25, 0.3) is 0 Å². The van der Waals surface area contributed by atoms with E-state index < -0.39 is 0 Å². The minimum absolute atomic E-state index is 0.000191. The quantitative estimate of drug-likeness (QED) is 0.802. The SMILES string of the molecule is CC1CC(C(=O)Nc2ccccc2)CO1. The van der Waals surface area contributed by atoms with Gasteiger partial charge in [-0.15, -0.1) is 0 Å². The Hall–Kier alpha value is -1.35. The van der Waals surface area contributed by atoms with E-state index in [9.17, 15) is 4.79 Å². The van der Waals surface area contributed by atoms with Crippen molar-refractivity contribution < 1.29 is 9.53 Å². The first-order chi connectivity index (χ1) is 7.25. The smallest absolute Gasteiger partial charge is 0.229 e.